The number of nitrogens with zero attached hydrogens (tertiary/aromatic N) is 2. The second kappa shape index (κ2) is 5.75. The number of benzene rings is 1. The van der Waals surface area contributed by atoms with Crippen LogP contribution < -0.4 is 11.1 Å². The highest BCUT2D eigenvalue weighted by atomic mass is 32.1. The predicted octanol–water partition coefficient (Wildman–Crippen LogP) is 1.98. The summed E-state index contributed by atoms with van der Waals surface area (Å²) in [6.45, 7) is 3.69. The smallest absolute Gasteiger partial charge is 0.275 e. The van der Waals surface area contributed by atoms with Crippen molar-refractivity contribution in [2.45, 2.75) is 13.8 Å². The number of nitrogens with one attached hydrogen (secondary N) is 1. The summed E-state index contributed by atoms with van der Waals surface area (Å²) in [6, 6.07) is 5.46. The molecule has 0 bridgehead atoms. The van der Waals surface area contributed by atoms with E-state index in [0.29, 0.717) is 11.3 Å². The van der Waals surface area contributed by atoms with Crippen molar-refractivity contribution in [3.8, 4) is 0 Å². The lowest BCUT2D eigenvalue weighted by Crippen LogP contribution is -2.19. The SMILES string of the molecule is Cc1cnc(C(=O)Nc2cccc(C)c2C(N)=S)cn1. The van der Waals surface area contributed by atoms with Crippen LogP contribution in [-0.4, -0.2) is 20.9 Å². The van der Waals surface area contributed by atoms with Gasteiger partial charge in [-0.25, -0.2) is 4.98 Å². The zero-order valence-electron chi connectivity index (χ0n) is 11.2. The van der Waals surface area contributed by atoms with Crippen molar-refractivity contribution in [2.24, 2.45) is 5.73 Å². The van der Waals surface area contributed by atoms with Crippen molar-refractivity contribution in [2.75, 3.05) is 5.32 Å². The first-order valence-corrected chi connectivity index (χ1v) is 6.39. The van der Waals surface area contributed by atoms with E-state index in [1.807, 2.05) is 19.1 Å². The Kier molecular flexibility index (Phi) is 4.05. The maximum absolute atomic E-state index is 12.1. The highest BCUT2D eigenvalue weighted by Gasteiger charge is 2.13. The van der Waals surface area contributed by atoms with Gasteiger partial charge in [0.2, 0.25) is 0 Å². The molecule has 2 rings (SSSR count). The molecule has 20 heavy (non-hydrogen) atoms. The largest absolute Gasteiger partial charge is 0.389 e. The summed E-state index contributed by atoms with van der Waals surface area (Å²) >= 11 is 5.02. The lowest BCUT2D eigenvalue weighted by molar-refractivity contribution is 0.102. The number of carbonyl (C=O) groups excluding carboxylic acids is 1. The standard InChI is InChI=1S/C14H14N4OS/c1-8-4-3-5-10(12(8)13(15)20)18-14(19)11-7-16-9(2)6-17-11/h3-7H,1-2H3,(H2,15,20)(H,18,19). The summed E-state index contributed by atoms with van der Waals surface area (Å²) in [4.78, 5) is 20.4. The molecule has 102 valence electrons. The number of aryl methyl sites for hydroxylation is 2. The van der Waals surface area contributed by atoms with Crippen molar-refractivity contribution in [1.82, 2.24) is 9.97 Å². The Bertz CT molecular complexity index is 667. The second-order valence-electron chi connectivity index (χ2n) is 4.36. The van der Waals surface area contributed by atoms with E-state index < -0.39 is 0 Å². The van der Waals surface area contributed by atoms with Gasteiger partial charge >= 0.3 is 0 Å². The Morgan fingerprint density at radius 1 is 1.25 bits per heavy atom. The maximum Gasteiger partial charge on any atom is 0.275 e. The topological polar surface area (TPSA) is 80.9 Å². The van der Waals surface area contributed by atoms with Crippen LogP contribution in [0.4, 0.5) is 5.69 Å². The third kappa shape index (κ3) is 2.97. The van der Waals surface area contributed by atoms with E-state index in [4.69, 9.17) is 18.0 Å². The van der Waals surface area contributed by atoms with Gasteiger partial charge in [-0.2, -0.15) is 0 Å². The average Bonchev–Trinajstić information content (AvgIpc) is 2.39. The van der Waals surface area contributed by atoms with Crippen molar-refractivity contribution in [3.05, 3.63) is 53.1 Å². The van der Waals surface area contributed by atoms with E-state index in [1.54, 1.807) is 19.2 Å². The van der Waals surface area contributed by atoms with Gasteiger partial charge in [0.1, 0.15) is 10.7 Å². The first-order valence-electron chi connectivity index (χ1n) is 5.98. The summed E-state index contributed by atoms with van der Waals surface area (Å²) in [6.07, 6.45) is 2.97. The van der Waals surface area contributed by atoms with Crippen LogP contribution in [0.25, 0.3) is 0 Å². The number of carbonyl (C=O) groups is 1. The lowest BCUT2D eigenvalue weighted by Gasteiger charge is -2.12. The normalized spacial score (nSPS) is 10.1. The Balaban J connectivity index is 2.30. The first-order chi connectivity index (χ1) is 9.49. The minimum absolute atomic E-state index is 0.242. The van der Waals surface area contributed by atoms with Crippen LogP contribution in [0.2, 0.25) is 0 Å². The molecule has 1 aromatic carbocycles. The molecule has 3 N–H and O–H groups in total. The highest BCUT2D eigenvalue weighted by molar-refractivity contribution is 7.80. The molecule has 1 amide bonds. The molecule has 0 unspecified atom stereocenters. The highest BCUT2D eigenvalue weighted by Crippen LogP contribution is 2.20. The monoisotopic (exact) mass is 286 g/mol. The zero-order valence-corrected chi connectivity index (χ0v) is 12.0. The van der Waals surface area contributed by atoms with Gasteiger partial charge in [-0.1, -0.05) is 24.4 Å². The first kappa shape index (κ1) is 14.1. The number of hydrogen-bond donors (Lipinski definition) is 2. The molecule has 0 aliphatic heterocycles. The average molecular weight is 286 g/mol. The van der Waals surface area contributed by atoms with Crippen molar-refractivity contribution >= 4 is 28.8 Å². The molecule has 0 fully saturated rings. The van der Waals surface area contributed by atoms with E-state index in [2.05, 4.69) is 15.3 Å². The quantitative estimate of drug-likeness (QED) is 0.843. The number of rotatable bonds is 3. The molecule has 0 radical (unpaired) electrons. The number of hydrogen-bond acceptors (Lipinski definition) is 4. The molecular weight excluding hydrogens is 272 g/mol. The maximum atomic E-state index is 12.1. The van der Waals surface area contributed by atoms with E-state index in [9.17, 15) is 4.79 Å². The minimum Gasteiger partial charge on any atom is -0.389 e. The third-order valence-corrected chi connectivity index (χ3v) is 2.99. The molecule has 2 aromatic rings. The summed E-state index contributed by atoms with van der Waals surface area (Å²) < 4.78 is 0. The molecule has 6 heteroatoms. The second-order valence-corrected chi connectivity index (χ2v) is 4.80. The fraction of sp³-hybridized carbons (Fsp3) is 0.143. The Labute approximate surface area is 122 Å². The zero-order chi connectivity index (χ0) is 14.7. The van der Waals surface area contributed by atoms with Gasteiger partial charge in [-0.3, -0.25) is 9.78 Å². The summed E-state index contributed by atoms with van der Waals surface area (Å²) in [5.41, 5.74) is 8.84. The predicted molar refractivity (Wildman–Crippen MR) is 81.8 cm³/mol. The van der Waals surface area contributed by atoms with Gasteiger partial charge in [0.15, 0.2) is 0 Å². The molecular formula is C14H14N4OS. The number of nitrogens with two attached hydrogens (primary N) is 1. The molecule has 0 atom stereocenters. The van der Waals surface area contributed by atoms with Gasteiger partial charge in [0.05, 0.1) is 17.6 Å². The minimum atomic E-state index is -0.347. The van der Waals surface area contributed by atoms with Gasteiger partial charge < -0.3 is 11.1 Å². The van der Waals surface area contributed by atoms with Crippen molar-refractivity contribution in [1.29, 1.82) is 0 Å². The van der Waals surface area contributed by atoms with Crippen LogP contribution >= 0.6 is 12.2 Å². The Morgan fingerprint density at radius 2 is 2.00 bits per heavy atom. The fourth-order valence-corrected chi connectivity index (χ4v) is 2.07. The fourth-order valence-electron chi connectivity index (χ4n) is 1.80. The molecule has 1 heterocycles. The molecule has 0 aliphatic carbocycles. The van der Waals surface area contributed by atoms with Crippen LogP contribution in [0.3, 0.4) is 0 Å². The number of amides is 1. The van der Waals surface area contributed by atoms with Gasteiger partial charge in [-0.15, -0.1) is 0 Å². The van der Waals surface area contributed by atoms with E-state index in [0.717, 1.165) is 11.3 Å². The number of thiocarbonyl (C=S) groups is 1. The van der Waals surface area contributed by atoms with Gasteiger partial charge in [-0.05, 0) is 25.5 Å². The Hall–Kier alpha value is -2.34. The lowest BCUT2D eigenvalue weighted by atomic mass is 10.1. The number of anilines is 1. The molecule has 0 saturated heterocycles. The van der Waals surface area contributed by atoms with Gasteiger partial charge in [0.25, 0.3) is 5.91 Å². The third-order valence-electron chi connectivity index (χ3n) is 2.78. The van der Waals surface area contributed by atoms with E-state index in [1.165, 1.54) is 6.20 Å². The van der Waals surface area contributed by atoms with E-state index >= 15 is 0 Å². The summed E-state index contributed by atoms with van der Waals surface area (Å²) in [7, 11) is 0. The Morgan fingerprint density at radius 3 is 2.60 bits per heavy atom. The van der Waals surface area contributed by atoms with Crippen LogP contribution in [0, 0.1) is 13.8 Å². The number of aromatic nitrogens is 2. The van der Waals surface area contributed by atoms with Crippen LogP contribution in [-0.2, 0) is 0 Å². The molecule has 0 spiro atoms. The van der Waals surface area contributed by atoms with Crippen molar-refractivity contribution in [3.63, 3.8) is 0 Å². The van der Waals surface area contributed by atoms with Crippen LogP contribution in [0.15, 0.2) is 30.6 Å². The summed E-state index contributed by atoms with van der Waals surface area (Å²) in [5.74, 6) is -0.347. The van der Waals surface area contributed by atoms with E-state index in [-0.39, 0.29) is 16.6 Å². The molecule has 1 aromatic heterocycles. The van der Waals surface area contributed by atoms with Crippen LogP contribution in [0.1, 0.15) is 27.3 Å². The molecule has 5 nitrogen and oxygen atoms in total. The van der Waals surface area contributed by atoms with Gasteiger partial charge in [0, 0.05) is 11.8 Å². The van der Waals surface area contributed by atoms with Crippen molar-refractivity contribution < 1.29 is 4.79 Å². The van der Waals surface area contributed by atoms with Crippen LogP contribution in [0.5, 0.6) is 0 Å². The molecule has 0 aliphatic rings. The summed E-state index contributed by atoms with van der Waals surface area (Å²) in [5, 5.41) is 2.76. The molecule has 0 saturated carbocycles.